The first-order valence-corrected chi connectivity index (χ1v) is 7.44. The molecule has 2 nitrogen and oxygen atoms in total. The standard InChI is InChI=1S/C15H32N2/c1-5-17(10-13(2)3)12-15(11-16)8-6-7-14(4)9-15/h13-14H,5-12,16H2,1-4H3. The zero-order chi connectivity index (χ0) is 12.9. The van der Waals surface area contributed by atoms with Gasteiger partial charge in [-0.15, -0.1) is 0 Å². The van der Waals surface area contributed by atoms with Crippen LogP contribution in [0.2, 0.25) is 0 Å². The van der Waals surface area contributed by atoms with Gasteiger partial charge in [0.05, 0.1) is 0 Å². The number of hydrogen-bond acceptors (Lipinski definition) is 2. The second-order valence-electron chi connectivity index (χ2n) is 6.63. The molecule has 2 unspecified atom stereocenters. The van der Waals surface area contributed by atoms with Crippen molar-refractivity contribution in [2.45, 2.75) is 53.4 Å². The molecule has 102 valence electrons. The van der Waals surface area contributed by atoms with Crippen LogP contribution in [0.25, 0.3) is 0 Å². The summed E-state index contributed by atoms with van der Waals surface area (Å²) < 4.78 is 0. The fraction of sp³-hybridized carbons (Fsp3) is 1.00. The predicted octanol–water partition coefficient (Wildman–Crippen LogP) is 3.12. The van der Waals surface area contributed by atoms with Crippen LogP contribution in [0, 0.1) is 17.3 Å². The molecule has 1 fully saturated rings. The van der Waals surface area contributed by atoms with E-state index >= 15 is 0 Å². The van der Waals surface area contributed by atoms with E-state index in [0.29, 0.717) is 5.41 Å². The fourth-order valence-electron chi connectivity index (χ4n) is 3.46. The summed E-state index contributed by atoms with van der Waals surface area (Å²) >= 11 is 0. The highest BCUT2D eigenvalue weighted by atomic mass is 15.1. The maximum Gasteiger partial charge on any atom is 0.00502 e. The average Bonchev–Trinajstić information content (AvgIpc) is 2.27. The van der Waals surface area contributed by atoms with E-state index in [4.69, 9.17) is 5.73 Å². The minimum Gasteiger partial charge on any atom is -0.330 e. The quantitative estimate of drug-likeness (QED) is 0.773. The molecule has 0 saturated heterocycles. The van der Waals surface area contributed by atoms with E-state index in [1.165, 1.54) is 38.8 Å². The van der Waals surface area contributed by atoms with Crippen LogP contribution in [0.3, 0.4) is 0 Å². The van der Waals surface area contributed by atoms with Gasteiger partial charge < -0.3 is 10.6 Å². The molecule has 1 rings (SSSR count). The third-order valence-corrected chi connectivity index (χ3v) is 4.25. The van der Waals surface area contributed by atoms with E-state index < -0.39 is 0 Å². The summed E-state index contributed by atoms with van der Waals surface area (Å²) in [6, 6.07) is 0. The summed E-state index contributed by atoms with van der Waals surface area (Å²) in [6.07, 6.45) is 5.44. The molecule has 0 aromatic heterocycles. The Kier molecular flexibility index (Phi) is 5.94. The van der Waals surface area contributed by atoms with Crippen LogP contribution >= 0.6 is 0 Å². The van der Waals surface area contributed by atoms with Crippen molar-refractivity contribution in [2.24, 2.45) is 23.0 Å². The molecular formula is C15H32N2. The monoisotopic (exact) mass is 240 g/mol. The second-order valence-corrected chi connectivity index (χ2v) is 6.63. The van der Waals surface area contributed by atoms with Gasteiger partial charge in [0.15, 0.2) is 0 Å². The molecule has 0 bridgehead atoms. The first-order chi connectivity index (χ1) is 8.01. The zero-order valence-electron chi connectivity index (χ0n) is 12.3. The second kappa shape index (κ2) is 6.75. The summed E-state index contributed by atoms with van der Waals surface area (Å²) in [5.74, 6) is 1.62. The molecule has 0 aromatic carbocycles. The lowest BCUT2D eigenvalue weighted by molar-refractivity contribution is 0.0849. The van der Waals surface area contributed by atoms with E-state index in [1.807, 2.05) is 0 Å². The Hall–Kier alpha value is -0.0800. The molecule has 0 aromatic rings. The Morgan fingerprint density at radius 2 is 2.12 bits per heavy atom. The van der Waals surface area contributed by atoms with Crippen LogP contribution in [0.15, 0.2) is 0 Å². The summed E-state index contributed by atoms with van der Waals surface area (Å²) in [7, 11) is 0. The Morgan fingerprint density at radius 1 is 1.41 bits per heavy atom. The molecular weight excluding hydrogens is 208 g/mol. The Labute approximate surface area is 108 Å². The van der Waals surface area contributed by atoms with Gasteiger partial charge >= 0.3 is 0 Å². The molecule has 0 radical (unpaired) electrons. The minimum absolute atomic E-state index is 0.405. The SMILES string of the molecule is CCN(CC(C)C)CC1(CN)CCCC(C)C1. The normalized spacial score (nSPS) is 30.2. The van der Waals surface area contributed by atoms with Crippen LogP contribution in [-0.2, 0) is 0 Å². The van der Waals surface area contributed by atoms with Gasteiger partial charge in [0.1, 0.15) is 0 Å². The van der Waals surface area contributed by atoms with E-state index in [2.05, 4.69) is 32.6 Å². The van der Waals surface area contributed by atoms with Gasteiger partial charge in [-0.2, -0.15) is 0 Å². The summed E-state index contributed by atoms with van der Waals surface area (Å²) in [6.45, 7) is 13.7. The highest BCUT2D eigenvalue weighted by molar-refractivity contribution is 4.89. The number of hydrogen-bond donors (Lipinski definition) is 1. The van der Waals surface area contributed by atoms with Crippen molar-refractivity contribution in [3.05, 3.63) is 0 Å². The first-order valence-electron chi connectivity index (χ1n) is 7.44. The molecule has 1 saturated carbocycles. The van der Waals surface area contributed by atoms with Crippen LogP contribution in [0.1, 0.15) is 53.4 Å². The van der Waals surface area contributed by atoms with E-state index in [9.17, 15) is 0 Å². The predicted molar refractivity (Wildman–Crippen MR) is 76.1 cm³/mol. The van der Waals surface area contributed by atoms with Crippen molar-refractivity contribution in [1.29, 1.82) is 0 Å². The maximum absolute atomic E-state index is 6.11. The largest absolute Gasteiger partial charge is 0.330 e. The molecule has 17 heavy (non-hydrogen) atoms. The number of nitrogens with zero attached hydrogens (tertiary/aromatic N) is 1. The topological polar surface area (TPSA) is 29.3 Å². The van der Waals surface area contributed by atoms with Crippen LogP contribution in [0.5, 0.6) is 0 Å². The van der Waals surface area contributed by atoms with Crippen LogP contribution in [0.4, 0.5) is 0 Å². The molecule has 2 atom stereocenters. The zero-order valence-corrected chi connectivity index (χ0v) is 12.3. The summed E-state index contributed by atoms with van der Waals surface area (Å²) in [4.78, 5) is 2.61. The Bertz CT molecular complexity index is 215. The third kappa shape index (κ3) is 4.59. The number of nitrogens with two attached hydrogens (primary N) is 1. The van der Waals surface area contributed by atoms with Gasteiger partial charge in [-0.05, 0) is 43.2 Å². The van der Waals surface area contributed by atoms with Gasteiger partial charge in [-0.1, -0.05) is 40.5 Å². The van der Waals surface area contributed by atoms with Crippen LogP contribution < -0.4 is 5.73 Å². The Morgan fingerprint density at radius 3 is 2.59 bits per heavy atom. The van der Waals surface area contributed by atoms with Crippen molar-refractivity contribution < 1.29 is 0 Å². The lowest BCUT2D eigenvalue weighted by Crippen LogP contribution is -2.46. The van der Waals surface area contributed by atoms with Gasteiger partial charge in [-0.25, -0.2) is 0 Å². The van der Waals surface area contributed by atoms with Crippen molar-refractivity contribution in [1.82, 2.24) is 4.90 Å². The maximum atomic E-state index is 6.11. The lowest BCUT2D eigenvalue weighted by atomic mass is 9.69. The van der Waals surface area contributed by atoms with Crippen molar-refractivity contribution >= 4 is 0 Å². The first kappa shape index (κ1) is 15.0. The molecule has 1 aliphatic rings. The van der Waals surface area contributed by atoms with Crippen molar-refractivity contribution in [3.8, 4) is 0 Å². The van der Waals surface area contributed by atoms with Gasteiger partial charge in [-0.3, -0.25) is 0 Å². The van der Waals surface area contributed by atoms with E-state index in [1.54, 1.807) is 0 Å². The molecule has 0 heterocycles. The van der Waals surface area contributed by atoms with Gasteiger partial charge in [0.25, 0.3) is 0 Å². The van der Waals surface area contributed by atoms with Crippen molar-refractivity contribution in [3.63, 3.8) is 0 Å². The van der Waals surface area contributed by atoms with Crippen LogP contribution in [-0.4, -0.2) is 31.1 Å². The fourth-order valence-corrected chi connectivity index (χ4v) is 3.46. The van der Waals surface area contributed by atoms with Gasteiger partial charge in [0.2, 0.25) is 0 Å². The average molecular weight is 240 g/mol. The number of rotatable bonds is 6. The molecule has 1 aliphatic carbocycles. The highest BCUT2D eigenvalue weighted by Gasteiger charge is 2.35. The van der Waals surface area contributed by atoms with Crippen molar-refractivity contribution in [2.75, 3.05) is 26.2 Å². The lowest BCUT2D eigenvalue weighted by Gasteiger charge is -2.43. The minimum atomic E-state index is 0.405. The molecule has 0 aliphatic heterocycles. The van der Waals surface area contributed by atoms with E-state index in [-0.39, 0.29) is 0 Å². The third-order valence-electron chi connectivity index (χ3n) is 4.25. The molecule has 0 spiro atoms. The molecule has 0 amide bonds. The smallest absolute Gasteiger partial charge is 0.00502 e. The highest BCUT2D eigenvalue weighted by Crippen LogP contribution is 2.39. The summed E-state index contributed by atoms with van der Waals surface area (Å²) in [5.41, 5.74) is 6.51. The molecule has 2 N–H and O–H groups in total. The van der Waals surface area contributed by atoms with Gasteiger partial charge in [0, 0.05) is 13.1 Å². The molecule has 2 heteroatoms. The van der Waals surface area contributed by atoms with E-state index in [0.717, 1.165) is 24.9 Å². The summed E-state index contributed by atoms with van der Waals surface area (Å²) in [5, 5.41) is 0. The Balaban J connectivity index is 2.59.